The van der Waals surface area contributed by atoms with Crippen LogP contribution >= 0.6 is 0 Å². The zero-order chi connectivity index (χ0) is 13.1. The van der Waals surface area contributed by atoms with Gasteiger partial charge in [-0.3, -0.25) is 0 Å². The molecule has 0 amide bonds. The van der Waals surface area contributed by atoms with E-state index in [9.17, 15) is 4.79 Å². The molecule has 4 nitrogen and oxygen atoms in total. The van der Waals surface area contributed by atoms with Gasteiger partial charge in [-0.05, 0) is 38.7 Å². The molecule has 98 valence electrons. The van der Waals surface area contributed by atoms with Gasteiger partial charge in [0.2, 0.25) is 0 Å². The molecule has 1 saturated heterocycles. The number of anilines is 1. The van der Waals surface area contributed by atoms with Gasteiger partial charge >= 0.3 is 5.97 Å². The van der Waals surface area contributed by atoms with E-state index in [1.165, 1.54) is 7.11 Å². The fraction of sp³-hybridized carbons (Fsp3) is 0.500. The number of esters is 1. The van der Waals surface area contributed by atoms with Gasteiger partial charge in [0.05, 0.1) is 12.7 Å². The molecule has 0 spiro atoms. The van der Waals surface area contributed by atoms with Gasteiger partial charge < -0.3 is 14.5 Å². The molecular formula is C14H20N2O2. The van der Waals surface area contributed by atoms with E-state index in [1.807, 2.05) is 18.2 Å². The summed E-state index contributed by atoms with van der Waals surface area (Å²) < 4.78 is 4.75. The average molecular weight is 248 g/mol. The Morgan fingerprint density at radius 1 is 1.44 bits per heavy atom. The second-order valence-corrected chi connectivity index (χ2v) is 4.89. The highest BCUT2D eigenvalue weighted by atomic mass is 16.5. The number of likely N-dealkylation sites (N-methyl/N-ethyl adjacent to an activating group) is 1. The summed E-state index contributed by atoms with van der Waals surface area (Å²) in [5.74, 6) is -0.278. The Balaban J connectivity index is 2.12. The van der Waals surface area contributed by atoms with Crippen molar-refractivity contribution < 1.29 is 9.53 Å². The molecule has 4 heteroatoms. The lowest BCUT2D eigenvalue weighted by molar-refractivity contribution is 0.0601. The fourth-order valence-electron chi connectivity index (χ4n) is 2.35. The van der Waals surface area contributed by atoms with Gasteiger partial charge in [-0.2, -0.15) is 0 Å². The Morgan fingerprint density at radius 2 is 2.22 bits per heavy atom. The van der Waals surface area contributed by atoms with Crippen molar-refractivity contribution in [2.75, 3.05) is 39.2 Å². The maximum absolute atomic E-state index is 11.5. The van der Waals surface area contributed by atoms with Crippen molar-refractivity contribution in [3.8, 4) is 0 Å². The van der Waals surface area contributed by atoms with Gasteiger partial charge in [0, 0.05) is 24.8 Å². The van der Waals surface area contributed by atoms with Crippen molar-refractivity contribution in [3.05, 3.63) is 29.8 Å². The summed E-state index contributed by atoms with van der Waals surface area (Å²) in [6, 6.07) is 8.24. The lowest BCUT2D eigenvalue weighted by Crippen LogP contribution is -2.31. The van der Waals surface area contributed by atoms with Crippen LogP contribution in [0.4, 0.5) is 5.69 Å². The third-order valence-electron chi connectivity index (χ3n) is 3.53. The molecule has 0 saturated carbocycles. The van der Waals surface area contributed by atoms with Crippen LogP contribution in [-0.2, 0) is 4.74 Å². The third kappa shape index (κ3) is 2.64. The molecule has 1 heterocycles. The Bertz CT molecular complexity index is 432. The first-order chi connectivity index (χ1) is 8.61. The number of carbonyl (C=O) groups excluding carboxylic acids is 1. The molecule has 1 fully saturated rings. The van der Waals surface area contributed by atoms with Crippen LogP contribution in [0, 0.1) is 0 Å². The van der Waals surface area contributed by atoms with Gasteiger partial charge in [-0.1, -0.05) is 6.07 Å². The normalized spacial score (nSPS) is 19.3. The first-order valence-electron chi connectivity index (χ1n) is 6.21. The lowest BCUT2D eigenvalue weighted by Gasteiger charge is -2.22. The van der Waals surface area contributed by atoms with Crippen LogP contribution in [0.25, 0.3) is 0 Å². The van der Waals surface area contributed by atoms with Crippen molar-refractivity contribution >= 4 is 11.7 Å². The van der Waals surface area contributed by atoms with E-state index < -0.39 is 0 Å². The number of hydrogen-bond acceptors (Lipinski definition) is 4. The SMILES string of the molecule is COC(=O)c1cccc(N2CC[C@H](N(C)C)C2)c1. The first kappa shape index (κ1) is 12.9. The molecule has 0 unspecified atom stereocenters. The Morgan fingerprint density at radius 3 is 2.83 bits per heavy atom. The number of hydrogen-bond donors (Lipinski definition) is 0. The second kappa shape index (κ2) is 5.40. The Kier molecular flexibility index (Phi) is 3.87. The number of carbonyl (C=O) groups is 1. The van der Waals surface area contributed by atoms with E-state index >= 15 is 0 Å². The molecule has 1 aromatic carbocycles. The monoisotopic (exact) mass is 248 g/mol. The minimum absolute atomic E-state index is 0.278. The van der Waals surface area contributed by atoms with Gasteiger partial charge in [-0.25, -0.2) is 4.79 Å². The quantitative estimate of drug-likeness (QED) is 0.761. The predicted octanol–water partition coefficient (Wildman–Crippen LogP) is 1.61. The van der Waals surface area contributed by atoms with E-state index in [-0.39, 0.29) is 5.97 Å². The Hall–Kier alpha value is -1.55. The van der Waals surface area contributed by atoms with Gasteiger partial charge in [-0.15, -0.1) is 0 Å². The number of rotatable bonds is 3. The number of ether oxygens (including phenoxy) is 1. The summed E-state index contributed by atoms with van der Waals surface area (Å²) in [7, 11) is 5.63. The van der Waals surface area contributed by atoms with Crippen molar-refractivity contribution in [1.29, 1.82) is 0 Å². The first-order valence-corrected chi connectivity index (χ1v) is 6.21. The molecule has 0 aliphatic carbocycles. The highest BCUT2D eigenvalue weighted by Crippen LogP contribution is 2.23. The van der Waals surface area contributed by atoms with Crippen LogP contribution in [0.5, 0.6) is 0 Å². The topological polar surface area (TPSA) is 32.8 Å². The van der Waals surface area contributed by atoms with Crippen molar-refractivity contribution in [3.63, 3.8) is 0 Å². The highest BCUT2D eigenvalue weighted by molar-refractivity contribution is 5.90. The summed E-state index contributed by atoms with van der Waals surface area (Å²) in [6.07, 6.45) is 1.16. The van der Waals surface area contributed by atoms with E-state index in [0.717, 1.165) is 25.2 Å². The van der Waals surface area contributed by atoms with Crippen LogP contribution in [0.2, 0.25) is 0 Å². The summed E-state index contributed by atoms with van der Waals surface area (Å²) in [6.45, 7) is 2.05. The molecule has 0 bridgehead atoms. The van der Waals surface area contributed by atoms with E-state index in [0.29, 0.717) is 11.6 Å². The van der Waals surface area contributed by atoms with Crippen LogP contribution in [0.1, 0.15) is 16.8 Å². The van der Waals surface area contributed by atoms with Crippen LogP contribution in [-0.4, -0.2) is 51.2 Å². The van der Waals surface area contributed by atoms with Crippen molar-refractivity contribution in [1.82, 2.24) is 4.90 Å². The largest absolute Gasteiger partial charge is 0.465 e. The van der Waals surface area contributed by atoms with Gasteiger partial charge in [0.15, 0.2) is 0 Å². The Labute approximate surface area is 108 Å². The lowest BCUT2D eigenvalue weighted by atomic mass is 10.2. The molecule has 1 aromatic rings. The molecule has 0 aromatic heterocycles. The minimum Gasteiger partial charge on any atom is -0.465 e. The summed E-state index contributed by atoms with van der Waals surface area (Å²) in [4.78, 5) is 16.1. The standard InChI is InChI=1S/C14H20N2O2/c1-15(2)13-7-8-16(10-13)12-6-4-5-11(9-12)14(17)18-3/h4-6,9,13H,7-8,10H2,1-3H3/t13-/m0/s1. The van der Waals surface area contributed by atoms with Crippen LogP contribution < -0.4 is 4.90 Å². The molecular weight excluding hydrogens is 228 g/mol. The van der Waals surface area contributed by atoms with E-state index in [2.05, 4.69) is 23.9 Å². The van der Waals surface area contributed by atoms with Crippen molar-refractivity contribution in [2.45, 2.75) is 12.5 Å². The van der Waals surface area contributed by atoms with E-state index in [1.54, 1.807) is 6.07 Å². The third-order valence-corrected chi connectivity index (χ3v) is 3.53. The molecule has 1 aliphatic rings. The highest BCUT2D eigenvalue weighted by Gasteiger charge is 2.24. The second-order valence-electron chi connectivity index (χ2n) is 4.89. The maximum atomic E-state index is 11.5. The molecule has 1 atom stereocenters. The van der Waals surface area contributed by atoms with Crippen LogP contribution in [0.3, 0.4) is 0 Å². The van der Waals surface area contributed by atoms with E-state index in [4.69, 9.17) is 4.74 Å². The fourth-order valence-corrected chi connectivity index (χ4v) is 2.35. The zero-order valence-electron chi connectivity index (χ0n) is 11.2. The van der Waals surface area contributed by atoms with Crippen LogP contribution in [0.15, 0.2) is 24.3 Å². The maximum Gasteiger partial charge on any atom is 0.337 e. The average Bonchev–Trinajstić information content (AvgIpc) is 2.88. The molecule has 0 N–H and O–H groups in total. The number of benzene rings is 1. The molecule has 0 radical (unpaired) electrons. The smallest absolute Gasteiger partial charge is 0.337 e. The molecule has 1 aliphatic heterocycles. The van der Waals surface area contributed by atoms with Gasteiger partial charge in [0.1, 0.15) is 0 Å². The van der Waals surface area contributed by atoms with Gasteiger partial charge in [0.25, 0.3) is 0 Å². The minimum atomic E-state index is -0.278. The number of methoxy groups -OCH3 is 1. The van der Waals surface area contributed by atoms with Crippen molar-refractivity contribution in [2.24, 2.45) is 0 Å². The summed E-state index contributed by atoms with van der Waals surface area (Å²) in [5.41, 5.74) is 1.71. The zero-order valence-corrected chi connectivity index (χ0v) is 11.2. The summed E-state index contributed by atoms with van der Waals surface area (Å²) in [5, 5.41) is 0. The summed E-state index contributed by atoms with van der Waals surface area (Å²) >= 11 is 0. The number of nitrogens with zero attached hydrogens (tertiary/aromatic N) is 2. The predicted molar refractivity (Wildman–Crippen MR) is 72.1 cm³/mol. The molecule has 2 rings (SSSR count). The molecule has 18 heavy (non-hydrogen) atoms.